The van der Waals surface area contributed by atoms with Gasteiger partial charge in [-0.25, -0.2) is 0 Å². The van der Waals surface area contributed by atoms with Gasteiger partial charge in [-0.05, 0) is 18.9 Å². The van der Waals surface area contributed by atoms with Crippen LogP contribution in [0.25, 0.3) is 0 Å². The summed E-state index contributed by atoms with van der Waals surface area (Å²) in [5, 5.41) is 0. The van der Waals surface area contributed by atoms with E-state index in [0.717, 1.165) is 6.42 Å². The van der Waals surface area contributed by atoms with E-state index in [2.05, 4.69) is 31.2 Å². The first-order valence-electron chi connectivity index (χ1n) is 4.47. The lowest BCUT2D eigenvalue weighted by Crippen LogP contribution is -1.93. The molecule has 2 heteroatoms. The minimum absolute atomic E-state index is 0.125. The fourth-order valence-corrected chi connectivity index (χ4v) is 1.56. The zero-order valence-corrected chi connectivity index (χ0v) is 7.57. The van der Waals surface area contributed by atoms with Crippen LogP contribution in [0.1, 0.15) is 23.5 Å². The van der Waals surface area contributed by atoms with E-state index < -0.39 is 0 Å². The van der Waals surface area contributed by atoms with Crippen LogP contribution in [0.3, 0.4) is 0 Å². The van der Waals surface area contributed by atoms with Gasteiger partial charge in [-0.3, -0.25) is 4.79 Å². The van der Waals surface area contributed by atoms with Gasteiger partial charge in [0.05, 0.1) is 0 Å². The molecule has 0 heterocycles. The summed E-state index contributed by atoms with van der Waals surface area (Å²) in [5.74, 6) is 0.436. The molecule has 0 N–H and O–H groups in total. The molecule has 2 atom stereocenters. The standard InChI is InChI=1S/C11H12O2/c1-8-2-4-9(5-3-8)10-6-11(10)13-7-12/h2-5,7,10-11H,6H2,1H3/t10?,11-/m1/s1. The molecule has 13 heavy (non-hydrogen) atoms. The topological polar surface area (TPSA) is 26.3 Å². The Balaban J connectivity index is 2.03. The second kappa shape index (κ2) is 3.21. The van der Waals surface area contributed by atoms with Crippen molar-refractivity contribution in [3.05, 3.63) is 35.4 Å². The first-order valence-corrected chi connectivity index (χ1v) is 4.47. The smallest absolute Gasteiger partial charge is 0.293 e. The first-order chi connectivity index (χ1) is 6.31. The third-order valence-electron chi connectivity index (χ3n) is 2.47. The van der Waals surface area contributed by atoms with E-state index in [1.54, 1.807) is 0 Å². The summed E-state index contributed by atoms with van der Waals surface area (Å²) in [7, 11) is 0. The Morgan fingerprint density at radius 3 is 2.69 bits per heavy atom. The summed E-state index contributed by atoms with van der Waals surface area (Å²) in [4.78, 5) is 10.1. The largest absolute Gasteiger partial charge is 0.464 e. The summed E-state index contributed by atoms with van der Waals surface area (Å²) in [5.41, 5.74) is 2.54. The van der Waals surface area contributed by atoms with Crippen LogP contribution in [0.2, 0.25) is 0 Å². The second-order valence-corrected chi connectivity index (χ2v) is 3.52. The number of carbonyl (C=O) groups excluding carboxylic acids is 1. The van der Waals surface area contributed by atoms with Gasteiger partial charge in [-0.2, -0.15) is 0 Å². The third-order valence-corrected chi connectivity index (χ3v) is 2.47. The normalized spacial score (nSPS) is 25.3. The molecule has 0 spiro atoms. The van der Waals surface area contributed by atoms with Gasteiger partial charge in [0.15, 0.2) is 0 Å². The maximum absolute atomic E-state index is 10.1. The molecule has 68 valence electrons. The summed E-state index contributed by atoms with van der Waals surface area (Å²) in [6, 6.07) is 8.39. The predicted molar refractivity (Wildman–Crippen MR) is 49.5 cm³/mol. The van der Waals surface area contributed by atoms with Crippen LogP contribution in [-0.2, 0) is 9.53 Å². The Hall–Kier alpha value is -1.31. The Labute approximate surface area is 77.5 Å². The van der Waals surface area contributed by atoms with Crippen molar-refractivity contribution in [1.29, 1.82) is 0 Å². The van der Waals surface area contributed by atoms with Crippen LogP contribution in [-0.4, -0.2) is 12.6 Å². The second-order valence-electron chi connectivity index (χ2n) is 3.52. The molecular weight excluding hydrogens is 164 g/mol. The summed E-state index contributed by atoms with van der Waals surface area (Å²) < 4.78 is 4.87. The molecule has 0 amide bonds. The van der Waals surface area contributed by atoms with Crippen molar-refractivity contribution in [2.45, 2.75) is 25.4 Å². The Morgan fingerprint density at radius 1 is 1.38 bits per heavy atom. The highest BCUT2D eigenvalue weighted by Crippen LogP contribution is 2.42. The van der Waals surface area contributed by atoms with Crippen LogP contribution in [0, 0.1) is 6.92 Å². The van der Waals surface area contributed by atoms with Gasteiger partial charge in [-0.1, -0.05) is 29.8 Å². The average Bonchev–Trinajstić information content (AvgIpc) is 2.86. The molecule has 1 aliphatic carbocycles. The molecule has 0 aromatic heterocycles. The number of benzene rings is 1. The summed E-state index contributed by atoms with van der Waals surface area (Å²) in [6.07, 6.45) is 1.10. The lowest BCUT2D eigenvalue weighted by atomic mass is 10.1. The van der Waals surface area contributed by atoms with Crippen molar-refractivity contribution < 1.29 is 9.53 Å². The minimum atomic E-state index is 0.125. The zero-order valence-electron chi connectivity index (χ0n) is 7.57. The number of ether oxygens (including phenoxy) is 1. The van der Waals surface area contributed by atoms with E-state index in [9.17, 15) is 4.79 Å². The predicted octanol–water partition coefficient (Wildman–Crippen LogP) is 2.02. The third kappa shape index (κ3) is 1.72. The quantitative estimate of drug-likeness (QED) is 0.658. The molecule has 0 bridgehead atoms. The Morgan fingerprint density at radius 2 is 2.08 bits per heavy atom. The monoisotopic (exact) mass is 176 g/mol. The highest BCUT2D eigenvalue weighted by molar-refractivity contribution is 5.40. The maximum Gasteiger partial charge on any atom is 0.293 e. The van der Waals surface area contributed by atoms with Crippen LogP contribution in [0.15, 0.2) is 24.3 Å². The van der Waals surface area contributed by atoms with Crippen LogP contribution >= 0.6 is 0 Å². The van der Waals surface area contributed by atoms with Gasteiger partial charge in [0.1, 0.15) is 6.10 Å². The molecule has 2 nitrogen and oxygen atoms in total. The SMILES string of the molecule is Cc1ccc(C2C[C@H]2OC=O)cc1. The van der Waals surface area contributed by atoms with Crippen LogP contribution < -0.4 is 0 Å². The number of rotatable bonds is 3. The number of hydrogen-bond donors (Lipinski definition) is 0. The molecule has 1 aromatic carbocycles. The molecule has 0 aliphatic heterocycles. The van der Waals surface area contributed by atoms with Gasteiger partial charge >= 0.3 is 0 Å². The molecule has 2 rings (SSSR count). The van der Waals surface area contributed by atoms with Gasteiger partial charge in [0.25, 0.3) is 6.47 Å². The van der Waals surface area contributed by atoms with Gasteiger partial charge in [0.2, 0.25) is 0 Å². The highest BCUT2D eigenvalue weighted by atomic mass is 16.5. The van der Waals surface area contributed by atoms with Crippen molar-refractivity contribution in [2.24, 2.45) is 0 Å². The first kappa shape index (κ1) is 8.30. The lowest BCUT2D eigenvalue weighted by Gasteiger charge is -1.99. The van der Waals surface area contributed by atoms with E-state index in [-0.39, 0.29) is 6.10 Å². The maximum atomic E-state index is 10.1. The molecule has 1 saturated carbocycles. The molecule has 1 unspecified atom stereocenters. The fraction of sp³-hybridized carbons (Fsp3) is 0.364. The highest BCUT2D eigenvalue weighted by Gasteiger charge is 2.40. The Bertz CT molecular complexity index is 302. The molecule has 0 radical (unpaired) electrons. The zero-order chi connectivity index (χ0) is 9.26. The summed E-state index contributed by atoms with van der Waals surface area (Å²) in [6.45, 7) is 2.61. The lowest BCUT2D eigenvalue weighted by molar-refractivity contribution is -0.129. The number of carbonyl (C=O) groups is 1. The number of aryl methyl sites for hydroxylation is 1. The van der Waals surface area contributed by atoms with E-state index in [4.69, 9.17) is 4.74 Å². The van der Waals surface area contributed by atoms with Crippen LogP contribution in [0.4, 0.5) is 0 Å². The molecule has 1 aromatic rings. The van der Waals surface area contributed by atoms with Gasteiger partial charge in [-0.15, -0.1) is 0 Å². The average molecular weight is 176 g/mol. The number of hydrogen-bond acceptors (Lipinski definition) is 2. The molecule has 1 fully saturated rings. The van der Waals surface area contributed by atoms with E-state index in [1.165, 1.54) is 11.1 Å². The summed E-state index contributed by atoms with van der Waals surface area (Å²) >= 11 is 0. The molecule has 1 aliphatic rings. The molecule has 0 saturated heterocycles. The van der Waals surface area contributed by atoms with Crippen molar-refractivity contribution in [1.82, 2.24) is 0 Å². The molecular formula is C11H12O2. The Kier molecular flexibility index (Phi) is 2.05. The van der Waals surface area contributed by atoms with Crippen molar-refractivity contribution in [3.63, 3.8) is 0 Å². The van der Waals surface area contributed by atoms with Gasteiger partial charge in [0, 0.05) is 5.92 Å². The van der Waals surface area contributed by atoms with Gasteiger partial charge < -0.3 is 4.74 Å². The van der Waals surface area contributed by atoms with Crippen molar-refractivity contribution >= 4 is 6.47 Å². The van der Waals surface area contributed by atoms with Crippen molar-refractivity contribution in [2.75, 3.05) is 0 Å². The van der Waals surface area contributed by atoms with E-state index >= 15 is 0 Å². The van der Waals surface area contributed by atoms with Crippen molar-refractivity contribution in [3.8, 4) is 0 Å². The minimum Gasteiger partial charge on any atom is -0.464 e. The van der Waals surface area contributed by atoms with E-state index in [0.29, 0.717) is 12.4 Å². The van der Waals surface area contributed by atoms with Crippen LogP contribution in [0.5, 0.6) is 0 Å². The fourth-order valence-electron chi connectivity index (χ4n) is 1.56. The van der Waals surface area contributed by atoms with E-state index in [1.807, 2.05) is 0 Å².